The molecule has 0 aromatic carbocycles. The molecule has 2 rings (SSSR count). The van der Waals surface area contributed by atoms with Crippen LogP contribution in [-0.4, -0.2) is 32.0 Å². The van der Waals surface area contributed by atoms with Gasteiger partial charge >= 0.3 is 107 Å². The zero-order valence-corrected chi connectivity index (χ0v) is 12.6. The third kappa shape index (κ3) is 3.43. The second-order valence-corrected chi connectivity index (χ2v) is 10.5. The summed E-state index contributed by atoms with van der Waals surface area (Å²) in [5, 5.41) is 0. The standard InChI is InChI=1S/C9H16I2O3/c1-9(10)12-7-8(14-9)6-11-4-2-3-5-13-11/h8H,2-7H2,1H3. The minimum atomic E-state index is -1.12. The minimum absolute atomic E-state index is 0.292. The van der Waals surface area contributed by atoms with Gasteiger partial charge in [0.25, 0.3) is 0 Å². The Labute approximate surface area is 106 Å². The van der Waals surface area contributed by atoms with Crippen LogP contribution in [0.15, 0.2) is 0 Å². The fourth-order valence-corrected chi connectivity index (χ4v) is 6.96. The predicted molar refractivity (Wildman–Crippen MR) is 72.2 cm³/mol. The van der Waals surface area contributed by atoms with Crippen molar-refractivity contribution >= 4 is 42.8 Å². The first-order valence-corrected chi connectivity index (χ1v) is 9.93. The molecule has 5 heteroatoms. The van der Waals surface area contributed by atoms with Gasteiger partial charge in [-0.2, -0.15) is 0 Å². The van der Waals surface area contributed by atoms with Gasteiger partial charge in [0, 0.05) is 0 Å². The van der Waals surface area contributed by atoms with Crippen LogP contribution < -0.4 is 0 Å². The Morgan fingerprint density at radius 2 is 2.36 bits per heavy atom. The van der Waals surface area contributed by atoms with Crippen LogP contribution in [0.5, 0.6) is 0 Å². The number of rotatable bonds is 2. The van der Waals surface area contributed by atoms with E-state index in [4.69, 9.17) is 12.5 Å². The molecule has 0 radical (unpaired) electrons. The summed E-state index contributed by atoms with van der Waals surface area (Å²) in [5.74, 6) is 0. The normalized spacial score (nSPS) is 41.6. The van der Waals surface area contributed by atoms with Crippen LogP contribution in [-0.2, 0) is 12.5 Å². The molecule has 0 spiro atoms. The van der Waals surface area contributed by atoms with E-state index in [1.54, 1.807) is 0 Å². The van der Waals surface area contributed by atoms with Gasteiger partial charge in [-0.15, -0.1) is 0 Å². The summed E-state index contributed by atoms with van der Waals surface area (Å²) in [6.07, 6.45) is 2.90. The van der Waals surface area contributed by atoms with E-state index in [1.165, 1.54) is 17.3 Å². The van der Waals surface area contributed by atoms with Crippen molar-refractivity contribution in [1.82, 2.24) is 0 Å². The molecule has 0 amide bonds. The van der Waals surface area contributed by atoms with Crippen molar-refractivity contribution in [2.24, 2.45) is 0 Å². The van der Waals surface area contributed by atoms with Gasteiger partial charge in [-0.3, -0.25) is 0 Å². The van der Waals surface area contributed by atoms with Crippen molar-refractivity contribution < 1.29 is 12.5 Å². The molecular weight excluding hydrogens is 410 g/mol. The van der Waals surface area contributed by atoms with E-state index in [-0.39, 0.29) is 0 Å². The molecule has 14 heavy (non-hydrogen) atoms. The van der Waals surface area contributed by atoms with Gasteiger partial charge < -0.3 is 0 Å². The van der Waals surface area contributed by atoms with Crippen LogP contribution >= 0.6 is 42.8 Å². The molecule has 3 nitrogen and oxygen atoms in total. The van der Waals surface area contributed by atoms with Crippen molar-refractivity contribution in [2.75, 3.05) is 22.1 Å². The first kappa shape index (κ1) is 11.8. The fourth-order valence-electron chi connectivity index (χ4n) is 1.56. The third-order valence-corrected chi connectivity index (χ3v) is 8.04. The average Bonchev–Trinajstić information content (AvgIpc) is 2.47. The van der Waals surface area contributed by atoms with Crippen LogP contribution in [0.25, 0.3) is 0 Å². The maximum atomic E-state index is 5.83. The Bertz CT molecular complexity index is 192. The summed E-state index contributed by atoms with van der Waals surface area (Å²) in [4.78, 5) is 0. The first-order chi connectivity index (χ1) is 6.66. The van der Waals surface area contributed by atoms with Crippen LogP contribution in [0.1, 0.15) is 19.8 Å². The van der Waals surface area contributed by atoms with Gasteiger partial charge in [-0.25, -0.2) is 0 Å². The zero-order valence-electron chi connectivity index (χ0n) is 8.30. The Kier molecular flexibility index (Phi) is 4.32. The van der Waals surface area contributed by atoms with Crippen LogP contribution in [0.4, 0.5) is 0 Å². The van der Waals surface area contributed by atoms with Gasteiger partial charge in [0.15, 0.2) is 0 Å². The first-order valence-electron chi connectivity index (χ1n) is 4.92. The van der Waals surface area contributed by atoms with E-state index in [0.29, 0.717) is 6.10 Å². The number of hydrogen-bond donors (Lipinski definition) is 0. The van der Waals surface area contributed by atoms with E-state index >= 15 is 0 Å². The van der Waals surface area contributed by atoms with Gasteiger partial charge in [0.1, 0.15) is 0 Å². The molecule has 2 aliphatic heterocycles. The topological polar surface area (TPSA) is 27.7 Å². The van der Waals surface area contributed by atoms with Crippen molar-refractivity contribution in [1.29, 1.82) is 0 Å². The molecule has 0 aromatic heterocycles. The van der Waals surface area contributed by atoms with Crippen LogP contribution in [0.2, 0.25) is 0 Å². The Hall–Kier alpha value is 1.34. The average molecular weight is 426 g/mol. The van der Waals surface area contributed by atoms with Crippen molar-refractivity contribution in [2.45, 2.75) is 29.7 Å². The summed E-state index contributed by atoms with van der Waals surface area (Å²) in [5.41, 5.74) is 0. The quantitative estimate of drug-likeness (QED) is 0.503. The number of hydrogen-bond acceptors (Lipinski definition) is 3. The maximum absolute atomic E-state index is 5.83. The van der Waals surface area contributed by atoms with Crippen LogP contribution in [0, 0.1) is 0 Å². The van der Waals surface area contributed by atoms with Gasteiger partial charge in [0.2, 0.25) is 0 Å². The van der Waals surface area contributed by atoms with E-state index in [1.807, 2.05) is 6.92 Å². The van der Waals surface area contributed by atoms with Crippen molar-refractivity contribution in [3.05, 3.63) is 0 Å². The summed E-state index contributed by atoms with van der Waals surface area (Å²) in [7, 11) is 0. The molecule has 0 saturated carbocycles. The molecule has 0 bridgehead atoms. The summed E-state index contributed by atoms with van der Waals surface area (Å²) in [6.45, 7) is 3.70. The molecule has 0 N–H and O–H groups in total. The monoisotopic (exact) mass is 426 g/mol. The predicted octanol–water partition coefficient (Wildman–Crippen LogP) is 2.74. The number of ether oxygens (including phenoxy) is 2. The summed E-state index contributed by atoms with van der Waals surface area (Å²) >= 11 is 1.09. The zero-order chi connectivity index (χ0) is 10.0. The molecule has 2 saturated heterocycles. The van der Waals surface area contributed by atoms with Crippen molar-refractivity contribution in [3.8, 4) is 0 Å². The number of halogens is 2. The van der Waals surface area contributed by atoms with E-state index in [9.17, 15) is 0 Å². The van der Waals surface area contributed by atoms with E-state index < -0.39 is 24.0 Å². The summed E-state index contributed by atoms with van der Waals surface area (Å²) < 4.78 is 19.2. The third-order valence-electron chi connectivity index (χ3n) is 2.22. The molecule has 84 valence electrons. The Morgan fingerprint density at radius 1 is 1.50 bits per heavy atom. The molecule has 2 aliphatic rings. The van der Waals surface area contributed by atoms with Crippen LogP contribution in [0.3, 0.4) is 0 Å². The van der Waals surface area contributed by atoms with Gasteiger partial charge in [0.05, 0.1) is 0 Å². The molecule has 2 atom stereocenters. The Balaban J connectivity index is 1.75. The summed E-state index contributed by atoms with van der Waals surface area (Å²) in [6, 6.07) is 0. The molecular formula is C9H16I2O3. The Morgan fingerprint density at radius 3 is 2.93 bits per heavy atom. The fraction of sp³-hybridized carbons (Fsp3) is 1.00. The van der Waals surface area contributed by atoms with Gasteiger partial charge in [-0.05, 0) is 0 Å². The van der Waals surface area contributed by atoms with Crippen molar-refractivity contribution in [3.63, 3.8) is 0 Å². The van der Waals surface area contributed by atoms with Gasteiger partial charge in [-0.1, -0.05) is 0 Å². The van der Waals surface area contributed by atoms with E-state index in [2.05, 4.69) is 22.6 Å². The molecule has 0 aliphatic carbocycles. The molecule has 2 unspecified atom stereocenters. The molecule has 2 fully saturated rings. The molecule has 0 aromatic rings. The molecule has 2 heterocycles. The van der Waals surface area contributed by atoms with E-state index in [0.717, 1.165) is 17.6 Å². The second kappa shape index (κ2) is 5.11. The number of alkyl halides is 3. The SMILES string of the molecule is CC1(I)OCC(CI2CCCCO2)O1. The second-order valence-electron chi connectivity index (χ2n) is 3.66.